The summed E-state index contributed by atoms with van der Waals surface area (Å²) < 4.78 is 7.34. The number of nitrogens with zero attached hydrogens (tertiary/aromatic N) is 2. The molecule has 0 fully saturated rings. The zero-order valence-electron chi connectivity index (χ0n) is 11.3. The van der Waals surface area contributed by atoms with Gasteiger partial charge in [-0.2, -0.15) is 5.10 Å². The summed E-state index contributed by atoms with van der Waals surface area (Å²) in [5, 5.41) is 4.37. The molecule has 0 saturated carbocycles. The second-order valence-electron chi connectivity index (χ2n) is 4.33. The van der Waals surface area contributed by atoms with Crippen LogP contribution in [-0.2, 0) is 6.54 Å². The summed E-state index contributed by atoms with van der Waals surface area (Å²) in [6.45, 7) is 2.95. The van der Waals surface area contributed by atoms with E-state index in [-0.39, 0.29) is 6.04 Å². The van der Waals surface area contributed by atoms with E-state index in [1.807, 2.05) is 35.0 Å². The molecule has 0 saturated heterocycles. The third-order valence-corrected chi connectivity index (χ3v) is 3.07. The molecular formula is C14H20N4O. The van der Waals surface area contributed by atoms with E-state index >= 15 is 0 Å². The zero-order chi connectivity index (χ0) is 13.7. The average molecular weight is 260 g/mol. The summed E-state index contributed by atoms with van der Waals surface area (Å²) in [5.41, 5.74) is 4.89. The van der Waals surface area contributed by atoms with Crippen molar-refractivity contribution in [3.8, 4) is 5.75 Å². The molecule has 0 amide bonds. The van der Waals surface area contributed by atoms with Crippen LogP contribution in [0.4, 0.5) is 0 Å². The number of aromatic nitrogens is 2. The summed E-state index contributed by atoms with van der Waals surface area (Å²) in [6.07, 6.45) is 2.74. The van der Waals surface area contributed by atoms with E-state index in [2.05, 4.69) is 17.4 Å². The summed E-state index contributed by atoms with van der Waals surface area (Å²) in [5.74, 6) is 6.49. The molecule has 0 bridgehead atoms. The van der Waals surface area contributed by atoms with Gasteiger partial charge >= 0.3 is 0 Å². The van der Waals surface area contributed by atoms with Gasteiger partial charge in [0.25, 0.3) is 0 Å². The maximum atomic E-state index is 5.74. The van der Waals surface area contributed by atoms with E-state index in [0.717, 1.165) is 30.0 Å². The van der Waals surface area contributed by atoms with Crippen LogP contribution in [0.3, 0.4) is 0 Å². The Morgan fingerprint density at radius 3 is 2.68 bits per heavy atom. The number of methoxy groups -OCH3 is 1. The first kappa shape index (κ1) is 13.6. The fourth-order valence-electron chi connectivity index (χ4n) is 2.19. The molecular weight excluding hydrogens is 240 g/mol. The molecule has 3 N–H and O–H groups in total. The minimum atomic E-state index is -0.134. The third kappa shape index (κ3) is 2.77. The number of hydrazine groups is 1. The summed E-state index contributed by atoms with van der Waals surface area (Å²) in [6, 6.07) is 9.91. The minimum absolute atomic E-state index is 0.134. The van der Waals surface area contributed by atoms with Crippen LogP contribution in [0.15, 0.2) is 36.5 Å². The van der Waals surface area contributed by atoms with Crippen LogP contribution < -0.4 is 16.0 Å². The number of aryl methyl sites for hydroxylation is 1. The second-order valence-corrected chi connectivity index (χ2v) is 4.33. The molecule has 19 heavy (non-hydrogen) atoms. The van der Waals surface area contributed by atoms with Gasteiger partial charge in [0.2, 0.25) is 0 Å². The van der Waals surface area contributed by atoms with Crippen LogP contribution in [-0.4, -0.2) is 16.9 Å². The van der Waals surface area contributed by atoms with Gasteiger partial charge in [0.1, 0.15) is 5.69 Å². The molecule has 1 atom stereocenters. The van der Waals surface area contributed by atoms with Crippen molar-refractivity contribution in [1.82, 2.24) is 15.2 Å². The first-order valence-corrected chi connectivity index (χ1v) is 6.42. The number of hydrogen-bond acceptors (Lipinski definition) is 4. The molecule has 0 radical (unpaired) electrons. The van der Waals surface area contributed by atoms with Crippen LogP contribution >= 0.6 is 0 Å². The summed E-state index contributed by atoms with van der Waals surface area (Å²) in [7, 11) is 1.65. The number of benzene rings is 1. The second kappa shape index (κ2) is 6.36. The highest BCUT2D eigenvalue weighted by atomic mass is 16.5. The highest BCUT2D eigenvalue weighted by Crippen LogP contribution is 2.29. The Bertz CT molecular complexity index is 509. The molecule has 2 aromatic rings. The molecule has 1 unspecified atom stereocenters. The molecule has 5 heteroatoms. The van der Waals surface area contributed by atoms with Gasteiger partial charge in [0.15, 0.2) is 5.75 Å². The average Bonchev–Trinajstić information content (AvgIpc) is 2.85. The number of rotatable bonds is 6. The Hall–Kier alpha value is -1.85. The Labute approximate surface area is 113 Å². The van der Waals surface area contributed by atoms with Gasteiger partial charge in [-0.15, -0.1) is 0 Å². The predicted molar refractivity (Wildman–Crippen MR) is 74.7 cm³/mol. The van der Waals surface area contributed by atoms with Gasteiger partial charge in [-0.05, 0) is 12.0 Å². The van der Waals surface area contributed by atoms with Crippen molar-refractivity contribution in [2.45, 2.75) is 25.9 Å². The molecule has 2 rings (SSSR count). The molecule has 0 aliphatic rings. The molecule has 102 valence electrons. The maximum Gasteiger partial charge on any atom is 0.161 e. The topological polar surface area (TPSA) is 65.1 Å². The minimum Gasteiger partial charge on any atom is -0.493 e. The smallest absolute Gasteiger partial charge is 0.161 e. The van der Waals surface area contributed by atoms with Gasteiger partial charge in [-0.1, -0.05) is 37.3 Å². The molecule has 0 spiro atoms. The van der Waals surface area contributed by atoms with Crippen LogP contribution in [0.2, 0.25) is 0 Å². The first-order chi connectivity index (χ1) is 9.31. The first-order valence-electron chi connectivity index (χ1n) is 6.42. The standard InChI is InChI=1S/C14H20N4O/c1-3-9-18-14(12(19-2)10-16-18)13(17-15)11-7-5-4-6-8-11/h4-8,10,13,17H,3,9,15H2,1-2H3. The molecule has 5 nitrogen and oxygen atoms in total. The van der Waals surface area contributed by atoms with Crippen molar-refractivity contribution in [3.05, 3.63) is 47.8 Å². The van der Waals surface area contributed by atoms with Gasteiger partial charge in [-0.25, -0.2) is 5.43 Å². The Kier molecular flexibility index (Phi) is 4.54. The molecule has 1 heterocycles. The fraction of sp³-hybridized carbons (Fsp3) is 0.357. The normalized spacial score (nSPS) is 12.4. The van der Waals surface area contributed by atoms with Crippen molar-refractivity contribution in [2.24, 2.45) is 5.84 Å². The number of nitrogens with two attached hydrogens (primary N) is 1. The largest absolute Gasteiger partial charge is 0.493 e. The van der Waals surface area contributed by atoms with E-state index in [0.29, 0.717) is 0 Å². The number of hydrogen-bond donors (Lipinski definition) is 2. The van der Waals surface area contributed by atoms with E-state index in [9.17, 15) is 0 Å². The predicted octanol–water partition coefficient (Wildman–Crippen LogP) is 1.85. The van der Waals surface area contributed by atoms with Gasteiger partial charge in [0.05, 0.1) is 19.3 Å². The van der Waals surface area contributed by atoms with Crippen LogP contribution in [0.25, 0.3) is 0 Å². The van der Waals surface area contributed by atoms with Crippen molar-refractivity contribution >= 4 is 0 Å². The highest BCUT2D eigenvalue weighted by molar-refractivity contribution is 5.36. The van der Waals surface area contributed by atoms with Gasteiger partial charge in [-0.3, -0.25) is 10.5 Å². The van der Waals surface area contributed by atoms with Crippen molar-refractivity contribution in [3.63, 3.8) is 0 Å². The van der Waals surface area contributed by atoms with E-state index in [4.69, 9.17) is 10.6 Å². The lowest BCUT2D eigenvalue weighted by atomic mass is 10.0. The fourth-order valence-corrected chi connectivity index (χ4v) is 2.19. The number of ether oxygens (including phenoxy) is 1. The SMILES string of the molecule is CCCn1ncc(OC)c1C(NN)c1ccccc1. The Morgan fingerprint density at radius 1 is 1.37 bits per heavy atom. The van der Waals surface area contributed by atoms with E-state index < -0.39 is 0 Å². The van der Waals surface area contributed by atoms with E-state index in [1.54, 1.807) is 13.3 Å². The summed E-state index contributed by atoms with van der Waals surface area (Å²) >= 11 is 0. The molecule has 1 aromatic heterocycles. The van der Waals surface area contributed by atoms with Crippen LogP contribution in [0, 0.1) is 0 Å². The zero-order valence-corrected chi connectivity index (χ0v) is 11.3. The highest BCUT2D eigenvalue weighted by Gasteiger charge is 2.22. The lowest BCUT2D eigenvalue weighted by molar-refractivity contribution is 0.398. The van der Waals surface area contributed by atoms with Gasteiger partial charge < -0.3 is 4.74 Å². The molecule has 1 aromatic carbocycles. The Balaban J connectivity index is 2.45. The van der Waals surface area contributed by atoms with E-state index in [1.165, 1.54) is 0 Å². The van der Waals surface area contributed by atoms with Crippen LogP contribution in [0.5, 0.6) is 5.75 Å². The monoisotopic (exact) mass is 260 g/mol. The maximum absolute atomic E-state index is 5.74. The Morgan fingerprint density at radius 2 is 2.11 bits per heavy atom. The van der Waals surface area contributed by atoms with Crippen molar-refractivity contribution in [2.75, 3.05) is 7.11 Å². The van der Waals surface area contributed by atoms with Gasteiger partial charge in [0, 0.05) is 6.54 Å². The number of nitrogens with one attached hydrogen (secondary N) is 1. The van der Waals surface area contributed by atoms with Crippen molar-refractivity contribution in [1.29, 1.82) is 0 Å². The summed E-state index contributed by atoms with van der Waals surface area (Å²) in [4.78, 5) is 0. The lowest BCUT2D eigenvalue weighted by Gasteiger charge is -2.19. The quantitative estimate of drug-likeness (QED) is 0.614. The third-order valence-electron chi connectivity index (χ3n) is 3.07. The molecule has 0 aliphatic heterocycles. The van der Waals surface area contributed by atoms with Crippen molar-refractivity contribution < 1.29 is 4.74 Å². The van der Waals surface area contributed by atoms with Crippen LogP contribution in [0.1, 0.15) is 30.6 Å². The molecule has 0 aliphatic carbocycles. The lowest BCUT2D eigenvalue weighted by Crippen LogP contribution is -2.31.